The molecule has 0 bridgehead atoms. The molecule has 170 valence electrons. The number of benzene rings is 1. The molecule has 0 spiro atoms. The van der Waals surface area contributed by atoms with E-state index in [0.717, 1.165) is 0 Å². The molecule has 9 heteroatoms. The Hall–Kier alpha value is -3.17. The van der Waals surface area contributed by atoms with Gasteiger partial charge in [-0.2, -0.15) is 0 Å². The van der Waals surface area contributed by atoms with Gasteiger partial charge in [0.25, 0.3) is 5.91 Å². The predicted octanol–water partition coefficient (Wildman–Crippen LogP) is 0.798. The standard InChI is InChI=1S/C23H25NO8/c1-8(2)14-12-6-10-5-11-9(7-25)3-4-13(26)16(11)19(28)15(10)20(29)23(12,32)21(30)17(18(14)27)22(24)31/h3-4,8,10,12,14,25-26,28,30,32H,5-7H2,1-2H3,(H2,24,31)/t10-,12-,14-,23-/m0/s1. The molecule has 3 aliphatic carbocycles. The Morgan fingerprint density at radius 3 is 2.44 bits per heavy atom. The molecule has 4 rings (SSSR count). The Labute approximate surface area is 183 Å². The molecule has 9 nitrogen and oxygen atoms in total. The second-order valence-electron chi connectivity index (χ2n) is 9.08. The molecule has 3 aliphatic rings. The first-order chi connectivity index (χ1) is 15.0. The lowest BCUT2D eigenvalue weighted by Gasteiger charge is -2.50. The van der Waals surface area contributed by atoms with Crippen LogP contribution < -0.4 is 5.73 Å². The van der Waals surface area contributed by atoms with Gasteiger partial charge in [0.2, 0.25) is 5.78 Å². The minimum atomic E-state index is -2.62. The summed E-state index contributed by atoms with van der Waals surface area (Å²) in [6.45, 7) is 3.06. The minimum absolute atomic E-state index is 0.0240. The number of hydrogen-bond donors (Lipinski definition) is 6. The summed E-state index contributed by atoms with van der Waals surface area (Å²) in [7, 11) is 0. The SMILES string of the molecule is CC(C)[C@@H]1C(=O)C(C(N)=O)=C(O)[C@@]2(O)C(=O)C3=C(O)c4c(O)ccc(CO)c4C[C@H]3C[C@@H]12. The highest BCUT2D eigenvalue weighted by Gasteiger charge is 2.64. The summed E-state index contributed by atoms with van der Waals surface area (Å²) in [5, 5.41) is 53.2. The van der Waals surface area contributed by atoms with Crippen molar-refractivity contribution >= 4 is 23.2 Å². The molecule has 32 heavy (non-hydrogen) atoms. The summed E-state index contributed by atoms with van der Waals surface area (Å²) in [6, 6.07) is 2.80. The van der Waals surface area contributed by atoms with Crippen LogP contribution in [0.15, 0.2) is 29.0 Å². The summed E-state index contributed by atoms with van der Waals surface area (Å²) < 4.78 is 0. The summed E-state index contributed by atoms with van der Waals surface area (Å²) in [4.78, 5) is 38.6. The Morgan fingerprint density at radius 2 is 1.88 bits per heavy atom. The number of carbonyl (C=O) groups excluding carboxylic acids is 3. The van der Waals surface area contributed by atoms with E-state index >= 15 is 0 Å². The maximum Gasteiger partial charge on any atom is 0.255 e. The van der Waals surface area contributed by atoms with Gasteiger partial charge in [0.05, 0.1) is 12.2 Å². The molecule has 1 aromatic rings. The maximum atomic E-state index is 13.6. The number of phenols is 1. The number of nitrogens with two attached hydrogens (primary N) is 1. The number of ketones is 2. The third kappa shape index (κ3) is 2.67. The second-order valence-corrected chi connectivity index (χ2v) is 9.08. The van der Waals surface area contributed by atoms with Gasteiger partial charge < -0.3 is 31.3 Å². The first-order valence-corrected chi connectivity index (χ1v) is 10.4. The van der Waals surface area contributed by atoms with Gasteiger partial charge >= 0.3 is 0 Å². The zero-order valence-corrected chi connectivity index (χ0v) is 17.6. The fourth-order valence-corrected chi connectivity index (χ4v) is 5.70. The number of aromatic hydroxyl groups is 1. The molecule has 1 aromatic carbocycles. The average molecular weight is 443 g/mol. The van der Waals surface area contributed by atoms with E-state index < -0.39 is 57.9 Å². The van der Waals surface area contributed by atoms with Crippen LogP contribution in [-0.2, 0) is 27.4 Å². The third-order valence-corrected chi connectivity index (χ3v) is 7.12. The number of primary amides is 1. The molecule has 0 aromatic heterocycles. The van der Waals surface area contributed by atoms with Crippen LogP contribution in [0.1, 0.15) is 37.0 Å². The summed E-state index contributed by atoms with van der Waals surface area (Å²) in [5.74, 6) is -8.02. The molecule has 0 saturated heterocycles. The van der Waals surface area contributed by atoms with Crippen molar-refractivity contribution in [3.05, 3.63) is 45.7 Å². The van der Waals surface area contributed by atoms with Gasteiger partial charge in [0.1, 0.15) is 22.8 Å². The van der Waals surface area contributed by atoms with Crippen LogP contribution in [0, 0.1) is 23.7 Å². The van der Waals surface area contributed by atoms with Crippen molar-refractivity contribution in [2.45, 2.75) is 38.9 Å². The fourth-order valence-electron chi connectivity index (χ4n) is 5.70. The Morgan fingerprint density at radius 1 is 1.22 bits per heavy atom. The van der Waals surface area contributed by atoms with E-state index in [9.17, 15) is 39.9 Å². The number of aliphatic hydroxyl groups is 4. The van der Waals surface area contributed by atoms with Gasteiger partial charge in [0.15, 0.2) is 11.4 Å². The lowest BCUT2D eigenvalue weighted by Crippen LogP contribution is -2.62. The van der Waals surface area contributed by atoms with Crippen molar-refractivity contribution in [1.82, 2.24) is 0 Å². The maximum absolute atomic E-state index is 13.6. The largest absolute Gasteiger partial charge is 0.508 e. The van der Waals surface area contributed by atoms with Crippen LogP contribution in [0.3, 0.4) is 0 Å². The van der Waals surface area contributed by atoms with Gasteiger partial charge in [-0.3, -0.25) is 14.4 Å². The highest BCUT2D eigenvalue weighted by Crippen LogP contribution is 2.54. The highest BCUT2D eigenvalue weighted by molar-refractivity contribution is 6.23. The molecular formula is C23H25NO8. The van der Waals surface area contributed by atoms with Crippen molar-refractivity contribution in [1.29, 1.82) is 0 Å². The fraction of sp³-hybridized carbons (Fsp3) is 0.435. The number of aliphatic hydroxyl groups excluding tert-OH is 3. The number of carbonyl (C=O) groups is 3. The lowest BCUT2D eigenvalue weighted by atomic mass is 9.54. The molecule has 0 unspecified atom stereocenters. The van der Waals surface area contributed by atoms with Crippen molar-refractivity contribution < 1.29 is 39.9 Å². The molecule has 1 fully saturated rings. The first kappa shape index (κ1) is 22.0. The smallest absolute Gasteiger partial charge is 0.255 e. The highest BCUT2D eigenvalue weighted by atomic mass is 16.3. The van der Waals surface area contributed by atoms with E-state index in [0.29, 0.717) is 11.1 Å². The van der Waals surface area contributed by atoms with Crippen LogP contribution in [0.25, 0.3) is 5.76 Å². The quantitative estimate of drug-likeness (QED) is 0.371. The van der Waals surface area contributed by atoms with Crippen molar-refractivity contribution in [2.75, 3.05) is 0 Å². The number of fused-ring (bicyclic) bond motifs is 3. The van der Waals surface area contributed by atoms with Gasteiger partial charge in [-0.1, -0.05) is 19.9 Å². The van der Waals surface area contributed by atoms with Crippen LogP contribution in [-0.4, -0.2) is 48.6 Å². The number of rotatable bonds is 3. The second kappa shape index (κ2) is 7.18. The normalized spacial score (nSPS) is 29.7. The van der Waals surface area contributed by atoms with Gasteiger partial charge in [-0.15, -0.1) is 0 Å². The lowest BCUT2D eigenvalue weighted by molar-refractivity contribution is -0.155. The first-order valence-electron chi connectivity index (χ1n) is 10.4. The average Bonchev–Trinajstić information content (AvgIpc) is 2.70. The van der Waals surface area contributed by atoms with Gasteiger partial charge in [-0.05, 0) is 41.9 Å². The Bertz CT molecular complexity index is 1130. The molecule has 0 aliphatic heterocycles. The molecule has 1 amide bonds. The molecule has 0 heterocycles. The number of hydrogen-bond acceptors (Lipinski definition) is 8. The predicted molar refractivity (Wildman–Crippen MR) is 111 cm³/mol. The van der Waals surface area contributed by atoms with Crippen LogP contribution >= 0.6 is 0 Å². The summed E-state index contributed by atoms with van der Waals surface area (Å²) >= 11 is 0. The third-order valence-electron chi connectivity index (χ3n) is 7.12. The molecule has 7 N–H and O–H groups in total. The summed E-state index contributed by atoms with van der Waals surface area (Å²) in [6.07, 6.45) is 0.218. The van der Waals surface area contributed by atoms with Crippen LogP contribution in [0.2, 0.25) is 0 Å². The number of phenolic OH excluding ortho intramolecular Hbond substituents is 1. The number of Topliss-reactive ketones (excluding diaryl/α,β-unsaturated/α-hetero) is 2. The van der Waals surface area contributed by atoms with Crippen LogP contribution in [0.4, 0.5) is 0 Å². The van der Waals surface area contributed by atoms with E-state index in [1.165, 1.54) is 12.1 Å². The van der Waals surface area contributed by atoms with E-state index in [2.05, 4.69) is 0 Å². The molecule has 1 saturated carbocycles. The van der Waals surface area contributed by atoms with Crippen LogP contribution in [0.5, 0.6) is 5.75 Å². The van der Waals surface area contributed by atoms with E-state index in [-0.39, 0.29) is 42.3 Å². The van der Waals surface area contributed by atoms with E-state index in [1.807, 2.05) is 0 Å². The molecule has 4 atom stereocenters. The molecule has 0 radical (unpaired) electrons. The zero-order valence-electron chi connectivity index (χ0n) is 17.6. The minimum Gasteiger partial charge on any atom is -0.508 e. The van der Waals surface area contributed by atoms with E-state index in [1.54, 1.807) is 13.8 Å². The van der Waals surface area contributed by atoms with E-state index in [4.69, 9.17) is 5.73 Å². The van der Waals surface area contributed by atoms with Crippen molar-refractivity contribution in [2.24, 2.45) is 29.4 Å². The number of amides is 1. The zero-order chi connectivity index (χ0) is 23.7. The summed E-state index contributed by atoms with van der Waals surface area (Å²) in [5.41, 5.74) is 2.58. The molecular weight excluding hydrogens is 418 g/mol. The van der Waals surface area contributed by atoms with Gasteiger partial charge in [-0.25, -0.2) is 0 Å². The van der Waals surface area contributed by atoms with Gasteiger partial charge in [0, 0.05) is 17.4 Å². The van der Waals surface area contributed by atoms with Crippen molar-refractivity contribution in [3.8, 4) is 5.75 Å². The monoisotopic (exact) mass is 443 g/mol. The Balaban J connectivity index is 1.99. The topological polar surface area (TPSA) is 178 Å². The Kier molecular flexibility index (Phi) is 4.94. The van der Waals surface area contributed by atoms with Crippen molar-refractivity contribution in [3.63, 3.8) is 0 Å².